The standard InChI is InChI=1S/C2H2F4O3S.K/c1-2(3,4)10(5,6)9-8-7;/h1H2;/q;+1. The van der Waals surface area contributed by atoms with E-state index in [-0.39, 0.29) is 51.4 Å². The molecular weight excluding hydrogens is 219 g/mol. The molecule has 0 aromatic rings. The van der Waals surface area contributed by atoms with Crippen molar-refractivity contribution in [3.8, 4) is 0 Å². The molecule has 9 heteroatoms. The summed E-state index contributed by atoms with van der Waals surface area (Å²) in [4.78, 5) is 0. The van der Waals surface area contributed by atoms with Crippen molar-refractivity contribution < 1.29 is 82.6 Å². The van der Waals surface area contributed by atoms with E-state index in [2.05, 4.69) is 9.37 Å². The molecule has 0 spiro atoms. The van der Waals surface area contributed by atoms with Crippen molar-refractivity contribution in [2.45, 2.75) is 5.25 Å². The predicted octanol–water partition coefficient (Wildman–Crippen LogP) is -1.87. The Kier molecular flexibility index (Phi) is 7.13. The fraction of sp³-hybridized carbons (Fsp3) is 0.500. The molecule has 0 radical (unpaired) electrons. The molecule has 0 N–H and O–H groups in total. The Morgan fingerprint density at radius 2 is 1.73 bits per heavy atom. The van der Waals surface area contributed by atoms with Crippen molar-refractivity contribution in [1.29, 1.82) is 0 Å². The molecular formula is C2H2F4KO3S+. The average molecular weight is 221 g/mol. The van der Waals surface area contributed by atoms with Crippen molar-refractivity contribution in [3.05, 3.63) is 6.92 Å². The van der Waals surface area contributed by atoms with Gasteiger partial charge >= 0.3 is 67.7 Å². The van der Waals surface area contributed by atoms with Gasteiger partial charge in [-0.15, -0.1) is 20.9 Å². The van der Waals surface area contributed by atoms with Crippen LogP contribution in [0.1, 0.15) is 0 Å². The van der Waals surface area contributed by atoms with E-state index in [1.807, 2.05) is 0 Å². The summed E-state index contributed by atoms with van der Waals surface area (Å²) in [5, 5.41) is 6.40. The molecule has 0 fully saturated rings. The third-order valence-corrected chi connectivity index (χ3v) is 1.38. The Bertz CT molecular complexity index is 116. The van der Waals surface area contributed by atoms with E-state index in [1.165, 1.54) is 0 Å². The molecule has 0 heterocycles. The van der Waals surface area contributed by atoms with Crippen LogP contribution in [0, 0.1) is 6.92 Å². The molecule has 0 bridgehead atoms. The molecule has 0 saturated carbocycles. The molecule has 0 saturated heterocycles. The van der Waals surface area contributed by atoms with E-state index >= 15 is 0 Å². The van der Waals surface area contributed by atoms with E-state index in [4.69, 9.17) is 5.26 Å². The van der Waals surface area contributed by atoms with Crippen LogP contribution in [-0.4, -0.2) is 5.25 Å². The van der Waals surface area contributed by atoms with Crippen LogP contribution in [-0.2, 0) is 9.37 Å². The van der Waals surface area contributed by atoms with Gasteiger partial charge in [0.05, 0.1) is 0 Å². The van der Waals surface area contributed by atoms with Crippen molar-refractivity contribution in [1.82, 2.24) is 0 Å². The van der Waals surface area contributed by atoms with Gasteiger partial charge in [0.25, 0.3) is 0 Å². The number of hydrogen-bond donors (Lipinski definition) is 0. The maximum absolute atomic E-state index is 11.7. The minimum Gasteiger partial charge on any atom is -0.691 e. The van der Waals surface area contributed by atoms with Gasteiger partial charge in [-0.2, -0.15) is 0 Å². The Balaban J connectivity index is 0. The minimum absolute atomic E-state index is 0. The van der Waals surface area contributed by atoms with Gasteiger partial charge in [-0.05, 0) is 0 Å². The van der Waals surface area contributed by atoms with Crippen LogP contribution in [0.5, 0.6) is 0 Å². The van der Waals surface area contributed by atoms with Crippen LogP contribution in [0.3, 0.4) is 0 Å². The Morgan fingerprint density at radius 1 is 1.36 bits per heavy atom. The normalized spacial score (nSPS) is 13.9. The smallest absolute Gasteiger partial charge is 0.691 e. The van der Waals surface area contributed by atoms with Crippen molar-refractivity contribution in [3.63, 3.8) is 0 Å². The second-order valence-corrected chi connectivity index (χ2v) is 2.77. The predicted molar refractivity (Wildman–Crippen MR) is 22.3 cm³/mol. The number of hydrogen-bond acceptors (Lipinski definition) is 3. The maximum Gasteiger partial charge on any atom is 1.00 e. The molecule has 11 heavy (non-hydrogen) atoms. The maximum atomic E-state index is 11.7. The second-order valence-electron chi connectivity index (χ2n) is 1.20. The van der Waals surface area contributed by atoms with Crippen molar-refractivity contribution in [2.24, 2.45) is 0 Å². The third-order valence-electron chi connectivity index (χ3n) is 0.461. The topological polar surface area (TPSA) is 41.5 Å². The molecule has 62 valence electrons. The summed E-state index contributed by atoms with van der Waals surface area (Å²) in [6.07, 6.45) is 0. The molecule has 0 atom stereocenters. The first-order valence-corrected chi connectivity index (χ1v) is 3.10. The van der Waals surface area contributed by atoms with Crippen molar-refractivity contribution in [2.75, 3.05) is 0 Å². The van der Waals surface area contributed by atoms with Gasteiger partial charge in [-0.3, -0.25) is 5.04 Å². The zero-order chi connectivity index (χ0) is 8.41. The van der Waals surface area contributed by atoms with Gasteiger partial charge in [0.2, 0.25) is 0 Å². The van der Waals surface area contributed by atoms with E-state index in [0.29, 0.717) is 0 Å². The molecule has 3 nitrogen and oxygen atoms in total. The fourth-order valence-corrected chi connectivity index (χ4v) is 0.254. The monoisotopic (exact) mass is 221 g/mol. The molecule has 0 aliphatic heterocycles. The van der Waals surface area contributed by atoms with Crippen LogP contribution in [0.4, 0.5) is 16.6 Å². The van der Waals surface area contributed by atoms with Crippen LogP contribution in [0.2, 0.25) is 0 Å². The first kappa shape index (κ1) is 15.0. The van der Waals surface area contributed by atoms with Crippen LogP contribution < -0.4 is 56.6 Å². The van der Waals surface area contributed by atoms with Gasteiger partial charge in [0.15, 0.2) is 6.92 Å². The number of halogens is 4. The first-order chi connectivity index (χ1) is 4.31. The second kappa shape index (κ2) is 5.24. The molecule has 0 aliphatic rings. The summed E-state index contributed by atoms with van der Waals surface area (Å²) in [5.74, 6) is 0. The SMILES string of the molecule is [CH2+]C(F)(F)S(F)(F)OO[O-].[K+]. The van der Waals surface area contributed by atoms with Gasteiger partial charge in [-0.25, -0.2) is 0 Å². The molecule has 0 aliphatic carbocycles. The van der Waals surface area contributed by atoms with Gasteiger partial charge < -0.3 is 5.26 Å². The van der Waals surface area contributed by atoms with E-state index in [0.717, 1.165) is 0 Å². The van der Waals surface area contributed by atoms with E-state index in [1.54, 1.807) is 6.92 Å². The summed E-state index contributed by atoms with van der Waals surface area (Å²) in [6.45, 7) is 1.77. The summed E-state index contributed by atoms with van der Waals surface area (Å²) in [7, 11) is 0. The molecule has 0 aromatic carbocycles. The van der Waals surface area contributed by atoms with Crippen LogP contribution >= 0.6 is 11.1 Å². The van der Waals surface area contributed by atoms with E-state index < -0.39 is 16.3 Å². The third kappa shape index (κ3) is 4.90. The zero-order valence-electron chi connectivity index (χ0n) is 5.35. The summed E-state index contributed by atoms with van der Waals surface area (Å²) < 4.78 is 48.8. The molecule has 0 aromatic heterocycles. The van der Waals surface area contributed by atoms with Gasteiger partial charge in [0, 0.05) is 0 Å². The minimum atomic E-state index is -5.83. The van der Waals surface area contributed by atoms with Gasteiger partial charge in [-0.1, -0.05) is 0 Å². The quantitative estimate of drug-likeness (QED) is 0.184. The van der Waals surface area contributed by atoms with Crippen LogP contribution in [0.25, 0.3) is 0 Å². The Morgan fingerprint density at radius 3 is 1.82 bits per heavy atom. The summed E-state index contributed by atoms with van der Waals surface area (Å²) >= 11 is -5.83. The number of rotatable bonds is 3. The summed E-state index contributed by atoms with van der Waals surface area (Å²) in [5.41, 5.74) is 0. The zero-order valence-corrected chi connectivity index (χ0v) is 9.29. The molecule has 0 rings (SSSR count). The Labute approximate surface area is 104 Å². The molecule has 0 unspecified atom stereocenters. The summed E-state index contributed by atoms with van der Waals surface area (Å²) in [6, 6.07) is 0. The van der Waals surface area contributed by atoms with E-state index in [9.17, 15) is 16.6 Å². The molecule has 0 amide bonds. The van der Waals surface area contributed by atoms with Gasteiger partial charge in [0.1, 0.15) is 0 Å². The largest absolute Gasteiger partial charge is 1.00 e. The van der Waals surface area contributed by atoms with Crippen LogP contribution in [0.15, 0.2) is 0 Å². The first-order valence-electron chi connectivity index (χ1n) is 1.74. The number of alkyl halides is 2. The Hall–Kier alpha value is 1.46. The fourth-order valence-electron chi connectivity index (χ4n) is 0.0847. The average Bonchev–Trinajstić information content (AvgIpc) is 1.61. The van der Waals surface area contributed by atoms with Crippen molar-refractivity contribution >= 4 is 11.1 Å².